The molecular formula is C12H12N2O2S. The van der Waals surface area contributed by atoms with Gasteiger partial charge in [0.25, 0.3) is 5.69 Å². The van der Waals surface area contributed by atoms with Crippen LogP contribution in [0.25, 0.3) is 0 Å². The van der Waals surface area contributed by atoms with Crippen molar-refractivity contribution in [2.75, 3.05) is 5.73 Å². The highest BCUT2D eigenvalue weighted by Crippen LogP contribution is 2.07. The summed E-state index contributed by atoms with van der Waals surface area (Å²) in [7, 11) is 0. The number of rotatable bonds is 1. The average molecular weight is 248 g/mol. The van der Waals surface area contributed by atoms with Gasteiger partial charge in [-0.2, -0.15) is 0 Å². The van der Waals surface area contributed by atoms with E-state index in [1.54, 1.807) is 18.2 Å². The van der Waals surface area contributed by atoms with Gasteiger partial charge < -0.3 is 5.73 Å². The Bertz CT molecular complexity index is 451. The monoisotopic (exact) mass is 248 g/mol. The SMILES string of the molecule is Nc1ccc(S)cc1.O=[N+]([O-])c1ccccc1. The molecule has 0 unspecified atom stereocenters. The van der Waals surface area contributed by atoms with Crippen LogP contribution >= 0.6 is 12.6 Å². The number of nitro benzene ring substituents is 1. The fourth-order valence-electron chi connectivity index (χ4n) is 1.02. The number of nitro groups is 1. The average Bonchev–Trinajstić information content (AvgIpc) is 2.35. The third-order valence-corrected chi connectivity index (χ3v) is 2.16. The molecule has 0 aliphatic rings. The summed E-state index contributed by atoms with van der Waals surface area (Å²) in [6.07, 6.45) is 0. The topological polar surface area (TPSA) is 69.2 Å². The summed E-state index contributed by atoms with van der Waals surface area (Å²) in [5.41, 5.74) is 6.31. The Kier molecular flexibility index (Phi) is 5.03. The maximum atomic E-state index is 10.0. The maximum Gasteiger partial charge on any atom is 0.269 e. The van der Waals surface area contributed by atoms with Crippen molar-refractivity contribution < 1.29 is 4.92 Å². The molecule has 2 rings (SSSR count). The van der Waals surface area contributed by atoms with E-state index in [1.165, 1.54) is 12.1 Å². The number of nitrogens with zero attached hydrogens (tertiary/aromatic N) is 1. The Morgan fingerprint density at radius 2 is 1.53 bits per heavy atom. The fourth-order valence-corrected chi connectivity index (χ4v) is 1.17. The van der Waals surface area contributed by atoms with Gasteiger partial charge in [0.2, 0.25) is 0 Å². The molecule has 2 aromatic carbocycles. The molecule has 0 bridgehead atoms. The minimum Gasteiger partial charge on any atom is -0.399 e. The number of non-ortho nitro benzene ring substituents is 1. The number of thiol groups is 1. The summed E-state index contributed by atoms with van der Waals surface area (Å²) >= 11 is 4.08. The zero-order chi connectivity index (χ0) is 12.7. The smallest absolute Gasteiger partial charge is 0.269 e. The molecule has 0 saturated carbocycles. The van der Waals surface area contributed by atoms with Crippen molar-refractivity contribution in [3.8, 4) is 0 Å². The van der Waals surface area contributed by atoms with Gasteiger partial charge >= 0.3 is 0 Å². The zero-order valence-corrected chi connectivity index (χ0v) is 9.88. The highest BCUT2D eigenvalue weighted by Gasteiger charge is 1.98. The Hall–Kier alpha value is -2.01. The van der Waals surface area contributed by atoms with Crippen LogP contribution < -0.4 is 5.73 Å². The van der Waals surface area contributed by atoms with Crippen molar-refractivity contribution in [2.24, 2.45) is 0 Å². The number of para-hydroxylation sites is 1. The second-order valence-electron chi connectivity index (χ2n) is 3.18. The molecule has 0 heterocycles. The van der Waals surface area contributed by atoms with Crippen LogP contribution in [0.15, 0.2) is 59.5 Å². The van der Waals surface area contributed by atoms with Crippen LogP contribution in [0.1, 0.15) is 0 Å². The van der Waals surface area contributed by atoms with Crippen molar-refractivity contribution in [2.45, 2.75) is 4.90 Å². The lowest BCUT2D eigenvalue weighted by Gasteiger charge is -1.89. The predicted molar refractivity (Wildman–Crippen MR) is 71.2 cm³/mol. The molecule has 0 spiro atoms. The fraction of sp³-hybridized carbons (Fsp3) is 0. The lowest BCUT2D eigenvalue weighted by atomic mass is 10.3. The Labute approximate surface area is 105 Å². The molecule has 2 aromatic rings. The van der Waals surface area contributed by atoms with E-state index in [9.17, 15) is 10.1 Å². The normalized spacial score (nSPS) is 9.00. The van der Waals surface area contributed by atoms with Gasteiger partial charge in [-0.15, -0.1) is 12.6 Å². The van der Waals surface area contributed by atoms with E-state index in [2.05, 4.69) is 12.6 Å². The van der Waals surface area contributed by atoms with Crippen LogP contribution in [0.4, 0.5) is 11.4 Å². The summed E-state index contributed by atoms with van der Waals surface area (Å²) in [5, 5.41) is 10.0. The van der Waals surface area contributed by atoms with Gasteiger partial charge in [-0.05, 0) is 24.3 Å². The van der Waals surface area contributed by atoms with E-state index < -0.39 is 4.92 Å². The van der Waals surface area contributed by atoms with Gasteiger partial charge in [0.1, 0.15) is 0 Å². The predicted octanol–water partition coefficient (Wildman–Crippen LogP) is 3.15. The van der Waals surface area contributed by atoms with E-state index >= 15 is 0 Å². The van der Waals surface area contributed by atoms with Gasteiger partial charge in [-0.25, -0.2) is 0 Å². The molecule has 2 N–H and O–H groups in total. The molecule has 0 aromatic heterocycles. The van der Waals surface area contributed by atoms with Gasteiger partial charge in [0.15, 0.2) is 0 Å². The van der Waals surface area contributed by atoms with Gasteiger partial charge in [-0.1, -0.05) is 18.2 Å². The van der Waals surface area contributed by atoms with E-state index in [0.29, 0.717) is 0 Å². The molecule has 0 amide bonds. The second-order valence-corrected chi connectivity index (χ2v) is 3.70. The Morgan fingerprint density at radius 1 is 1.00 bits per heavy atom. The van der Waals surface area contributed by atoms with Crippen molar-refractivity contribution in [3.63, 3.8) is 0 Å². The summed E-state index contributed by atoms with van der Waals surface area (Å²) < 4.78 is 0. The van der Waals surface area contributed by atoms with Crippen LogP contribution in [0.3, 0.4) is 0 Å². The number of anilines is 1. The van der Waals surface area contributed by atoms with Crippen LogP contribution in [-0.2, 0) is 0 Å². The first-order chi connectivity index (χ1) is 8.09. The highest BCUT2D eigenvalue weighted by atomic mass is 32.1. The van der Waals surface area contributed by atoms with Crippen LogP contribution in [0.2, 0.25) is 0 Å². The first-order valence-electron chi connectivity index (χ1n) is 4.83. The summed E-state index contributed by atoms with van der Waals surface area (Å²) in [6.45, 7) is 0. The van der Waals surface area contributed by atoms with Gasteiger partial charge in [-0.3, -0.25) is 10.1 Å². The summed E-state index contributed by atoms with van der Waals surface area (Å²) in [6, 6.07) is 15.3. The first-order valence-corrected chi connectivity index (χ1v) is 5.28. The second kappa shape index (κ2) is 6.55. The van der Waals surface area contributed by atoms with Gasteiger partial charge in [0.05, 0.1) is 4.92 Å². The molecule has 0 aliphatic heterocycles. The Balaban J connectivity index is 0.000000171. The molecule has 0 saturated heterocycles. The van der Waals surface area contributed by atoms with Gasteiger partial charge in [0, 0.05) is 22.7 Å². The lowest BCUT2D eigenvalue weighted by Crippen LogP contribution is -1.84. The van der Waals surface area contributed by atoms with Crippen LogP contribution in [0.5, 0.6) is 0 Å². The van der Waals surface area contributed by atoms with Crippen molar-refractivity contribution in [1.82, 2.24) is 0 Å². The standard InChI is InChI=1S/C6H5NO2.C6H7NS/c8-7(9)6-4-2-1-3-5-6;7-5-1-3-6(8)4-2-5/h1-5H;1-4,8H,7H2. The van der Waals surface area contributed by atoms with Crippen LogP contribution in [-0.4, -0.2) is 4.92 Å². The number of nitrogens with two attached hydrogens (primary N) is 1. The van der Waals surface area contributed by atoms with Crippen molar-refractivity contribution in [3.05, 3.63) is 64.7 Å². The minimum atomic E-state index is -0.417. The largest absolute Gasteiger partial charge is 0.399 e. The van der Waals surface area contributed by atoms with E-state index in [1.807, 2.05) is 24.3 Å². The third-order valence-electron chi connectivity index (χ3n) is 1.86. The molecule has 0 atom stereocenters. The number of hydrogen-bond acceptors (Lipinski definition) is 4. The van der Waals surface area contributed by atoms with Crippen molar-refractivity contribution >= 4 is 24.0 Å². The zero-order valence-electron chi connectivity index (χ0n) is 8.98. The number of nitrogen functional groups attached to an aromatic ring is 1. The van der Waals surface area contributed by atoms with E-state index in [0.717, 1.165) is 10.6 Å². The molecule has 88 valence electrons. The summed E-state index contributed by atoms with van der Waals surface area (Å²) in [5.74, 6) is 0. The molecule has 5 heteroatoms. The van der Waals surface area contributed by atoms with Crippen molar-refractivity contribution in [1.29, 1.82) is 0 Å². The van der Waals surface area contributed by atoms with E-state index in [4.69, 9.17) is 5.73 Å². The lowest BCUT2D eigenvalue weighted by molar-refractivity contribution is -0.384. The molecular weight excluding hydrogens is 236 g/mol. The number of hydrogen-bond donors (Lipinski definition) is 2. The Morgan fingerprint density at radius 3 is 1.88 bits per heavy atom. The molecule has 0 aliphatic carbocycles. The van der Waals surface area contributed by atoms with Crippen LogP contribution in [0, 0.1) is 10.1 Å². The maximum absolute atomic E-state index is 10.0. The quantitative estimate of drug-likeness (QED) is 0.352. The molecule has 0 fully saturated rings. The molecule has 4 nitrogen and oxygen atoms in total. The third kappa shape index (κ3) is 5.03. The number of benzene rings is 2. The first kappa shape index (κ1) is 13.1. The highest BCUT2D eigenvalue weighted by molar-refractivity contribution is 7.80. The molecule has 17 heavy (non-hydrogen) atoms. The molecule has 0 radical (unpaired) electrons. The van der Waals surface area contributed by atoms with E-state index in [-0.39, 0.29) is 5.69 Å². The summed E-state index contributed by atoms with van der Waals surface area (Å²) in [4.78, 5) is 10.5. The minimum absolute atomic E-state index is 0.137.